The minimum Gasteiger partial charge on any atom is -0.462 e. The molecule has 4 heteroatoms. The predicted octanol–water partition coefficient (Wildman–Crippen LogP) is 4.70. The molecule has 0 aliphatic carbocycles. The number of hydrogen-bond acceptors (Lipinski definition) is 4. The van der Waals surface area contributed by atoms with Crippen molar-refractivity contribution < 1.29 is 9.53 Å². The zero-order valence-electron chi connectivity index (χ0n) is 14.2. The highest BCUT2D eigenvalue weighted by molar-refractivity contribution is 5.89. The highest BCUT2D eigenvalue weighted by Crippen LogP contribution is 2.39. The monoisotopic (exact) mass is 315 g/mol. The van der Waals surface area contributed by atoms with Crippen molar-refractivity contribution >= 4 is 5.97 Å². The Morgan fingerprint density at radius 2 is 1.83 bits per heavy atom. The van der Waals surface area contributed by atoms with Crippen LogP contribution in [0.3, 0.4) is 0 Å². The van der Waals surface area contributed by atoms with Crippen LogP contribution in [0.15, 0.2) is 54.8 Å². The summed E-state index contributed by atoms with van der Waals surface area (Å²) in [7, 11) is 0. The summed E-state index contributed by atoms with van der Waals surface area (Å²) in [6.07, 6.45) is 4.53. The van der Waals surface area contributed by atoms with E-state index in [0.29, 0.717) is 12.0 Å². The first-order valence-corrected chi connectivity index (χ1v) is 7.73. The van der Waals surface area contributed by atoms with E-state index in [1.54, 1.807) is 25.1 Å². The molecule has 0 saturated carbocycles. The van der Waals surface area contributed by atoms with E-state index in [9.17, 15) is 9.70 Å². The number of hydrogen-bond donors (Lipinski definition) is 0. The van der Waals surface area contributed by atoms with Gasteiger partial charge in [0.1, 0.15) is 5.54 Å². The van der Waals surface area contributed by atoms with Crippen molar-refractivity contribution in [1.82, 2.24) is 0 Å². The number of carbonyl (C=O) groups is 1. The van der Waals surface area contributed by atoms with Crippen LogP contribution in [0.25, 0.3) is 0 Å². The standard InChI is InChI=1S/C19H25NO3/c1-6-15-9-11-16(12-10-15)17(21)23-14-13-18(4,7-2)19(5,8-3)20-22/h7-12H,2-3,6,13-14H2,1,4-5H3. The van der Waals surface area contributed by atoms with Gasteiger partial charge in [-0.2, -0.15) is 0 Å². The molecule has 124 valence electrons. The van der Waals surface area contributed by atoms with Gasteiger partial charge in [-0.1, -0.05) is 43.3 Å². The molecule has 0 spiro atoms. The third kappa shape index (κ3) is 4.15. The Morgan fingerprint density at radius 3 is 2.26 bits per heavy atom. The van der Waals surface area contributed by atoms with Crippen LogP contribution in [0.2, 0.25) is 0 Å². The predicted molar refractivity (Wildman–Crippen MR) is 93.4 cm³/mol. The molecule has 1 rings (SSSR count). The molecular weight excluding hydrogens is 290 g/mol. The van der Waals surface area contributed by atoms with Crippen LogP contribution in [-0.2, 0) is 11.2 Å². The van der Waals surface area contributed by atoms with Gasteiger partial charge in [0, 0.05) is 5.41 Å². The van der Waals surface area contributed by atoms with Crippen molar-refractivity contribution in [2.24, 2.45) is 10.6 Å². The van der Waals surface area contributed by atoms with Gasteiger partial charge >= 0.3 is 5.97 Å². The average Bonchev–Trinajstić information content (AvgIpc) is 2.60. The van der Waals surface area contributed by atoms with Crippen molar-refractivity contribution in [3.8, 4) is 0 Å². The Labute approximate surface area is 138 Å². The Bertz CT molecular complexity index is 569. The third-order valence-corrected chi connectivity index (χ3v) is 4.65. The lowest BCUT2D eigenvalue weighted by Gasteiger charge is -2.36. The van der Waals surface area contributed by atoms with E-state index in [0.717, 1.165) is 6.42 Å². The fraction of sp³-hybridized carbons (Fsp3) is 0.421. The summed E-state index contributed by atoms with van der Waals surface area (Å²) in [5.74, 6) is -0.376. The fourth-order valence-corrected chi connectivity index (χ4v) is 2.25. The molecule has 0 saturated heterocycles. The van der Waals surface area contributed by atoms with Gasteiger partial charge in [0.15, 0.2) is 0 Å². The number of carbonyl (C=O) groups excluding carboxylic acids is 1. The smallest absolute Gasteiger partial charge is 0.338 e. The number of rotatable bonds is 9. The van der Waals surface area contributed by atoms with Crippen molar-refractivity contribution in [3.63, 3.8) is 0 Å². The van der Waals surface area contributed by atoms with Crippen molar-refractivity contribution in [2.75, 3.05) is 6.61 Å². The van der Waals surface area contributed by atoms with Crippen LogP contribution in [0.5, 0.6) is 0 Å². The van der Waals surface area contributed by atoms with Gasteiger partial charge in [-0.15, -0.1) is 18.1 Å². The Hall–Kier alpha value is -2.23. The van der Waals surface area contributed by atoms with Crippen LogP contribution >= 0.6 is 0 Å². The highest BCUT2D eigenvalue weighted by Gasteiger charge is 2.41. The van der Waals surface area contributed by atoms with Gasteiger partial charge in [0.25, 0.3) is 0 Å². The summed E-state index contributed by atoms with van der Waals surface area (Å²) in [6.45, 7) is 13.2. The topological polar surface area (TPSA) is 55.7 Å². The van der Waals surface area contributed by atoms with Gasteiger partial charge in [-0.25, -0.2) is 4.79 Å². The molecule has 2 unspecified atom stereocenters. The molecule has 0 amide bonds. The minimum absolute atomic E-state index is 0.176. The molecular formula is C19H25NO3. The van der Waals surface area contributed by atoms with E-state index < -0.39 is 11.0 Å². The Morgan fingerprint density at radius 1 is 1.22 bits per heavy atom. The number of ether oxygens (including phenoxy) is 1. The molecule has 0 aliphatic heterocycles. The summed E-state index contributed by atoms with van der Waals surface area (Å²) < 4.78 is 5.32. The molecule has 0 radical (unpaired) electrons. The second-order valence-electron chi connectivity index (χ2n) is 6.00. The van der Waals surface area contributed by atoms with Gasteiger partial charge in [-0.05, 0) is 37.5 Å². The minimum atomic E-state index is -0.996. The van der Waals surface area contributed by atoms with Crippen molar-refractivity contribution in [2.45, 2.75) is 39.2 Å². The summed E-state index contributed by atoms with van der Waals surface area (Å²) in [4.78, 5) is 23.2. The molecule has 1 aromatic rings. The SMILES string of the molecule is C=CC(C)(CCOC(=O)c1ccc(CC)cc1)C(C)(C=C)N=O. The first kappa shape index (κ1) is 18.8. The van der Waals surface area contributed by atoms with Gasteiger partial charge in [0.2, 0.25) is 0 Å². The van der Waals surface area contributed by atoms with Crippen LogP contribution in [-0.4, -0.2) is 18.1 Å². The molecule has 1 aromatic carbocycles. The summed E-state index contributed by atoms with van der Waals surface area (Å²) in [6, 6.07) is 7.34. The van der Waals surface area contributed by atoms with Gasteiger partial charge in [-0.3, -0.25) is 0 Å². The summed E-state index contributed by atoms with van der Waals surface area (Å²) >= 11 is 0. The maximum absolute atomic E-state index is 12.1. The number of nitroso groups, excluding NO2 is 1. The largest absolute Gasteiger partial charge is 0.462 e. The molecule has 0 aliphatic rings. The summed E-state index contributed by atoms with van der Waals surface area (Å²) in [5, 5.41) is 3.18. The lowest BCUT2D eigenvalue weighted by atomic mass is 9.70. The van der Waals surface area contributed by atoms with Gasteiger partial charge < -0.3 is 4.74 Å². The van der Waals surface area contributed by atoms with E-state index in [1.165, 1.54) is 11.6 Å². The van der Waals surface area contributed by atoms with Crippen LogP contribution in [0.4, 0.5) is 0 Å². The second kappa shape index (κ2) is 7.86. The molecule has 0 fully saturated rings. The molecule has 23 heavy (non-hydrogen) atoms. The van der Waals surface area contributed by atoms with E-state index in [1.807, 2.05) is 19.1 Å². The quantitative estimate of drug-likeness (QED) is 0.377. The lowest BCUT2D eigenvalue weighted by molar-refractivity contribution is 0.0447. The Balaban J connectivity index is 2.69. The first-order chi connectivity index (χ1) is 10.9. The van der Waals surface area contributed by atoms with Crippen LogP contribution < -0.4 is 0 Å². The highest BCUT2D eigenvalue weighted by atomic mass is 16.5. The second-order valence-corrected chi connectivity index (χ2v) is 6.00. The average molecular weight is 315 g/mol. The molecule has 0 N–H and O–H groups in total. The molecule has 0 heterocycles. The van der Waals surface area contributed by atoms with Gasteiger partial charge in [0.05, 0.1) is 12.2 Å². The molecule has 0 aromatic heterocycles. The van der Waals surface area contributed by atoms with Crippen LogP contribution in [0.1, 0.15) is 43.1 Å². The third-order valence-electron chi connectivity index (χ3n) is 4.65. The number of nitrogens with zero attached hydrogens (tertiary/aromatic N) is 1. The van der Waals surface area contributed by atoms with E-state index in [4.69, 9.17) is 4.74 Å². The molecule has 0 bridgehead atoms. The van der Waals surface area contributed by atoms with Crippen molar-refractivity contribution in [1.29, 1.82) is 0 Å². The number of esters is 1. The Kier molecular flexibility index (Phi) is 6.43. The zero-order valence-corrected chi connectivity index (χ0v) is 14.2. The van der Waals surface area contributed by atoms with E-state index in [2.05, 4.69) is 25.3 Å². The van der Waals surface area contributed by atoms with E-state index >= 15 is 0 Å². The van der Waals surface area contributed by atoms with Crippen molar-refractivity contribution in [3.05, 3.63) is 65.6 Å². The maximum atomic E-state index is 12.1. The maximum Gasteiger partial charge on any atom is 0.338 e. The van der Waals surface area contributed by atoms with Crippen LogP contribution in [0, 0.1) is 10.3 Å². The number of benzene rings is 1. The zero-order chi connectivity index (χ0) is 17.5. The fourth-order valence-electron chi connectivity index (χ4n) is 2.25. The normalized spacial score (nSPS) is 15.8. The lowest BCUT2D eigenvalue weighted by Crippen LogP contribution is -2.39. The van der Waals surface area contributed by atoms with E-state index in [-0.39, 0.29) is 12.6 Å². The first-order valence-electron chi connectivity index (χ1n) is 7.73. The molecule has 4 nitrogen and oxygen atoms in total. The molecule has 2 atom stereocenters. The number of aryl methyl sites for hydroxylation is 1. The summed E-state index contributed by atoms with van der Waals surface area (Å²) in [5.41, 5.74) is 0.0503.